The summed E-state index contributed by atoms with van der Waals surface area (Å²) in [5.74, 6) is 0.0216. The summed E-state index contributed by atoms with van der Waals surface area (Å²) >= 11 is 0. The largest absolute Gasteiger partial charge is 0.507 e. The third-order valence-corrected chi connectivity index (χ3v) is 2.62. The highest BCUT2D eigenvalue weighted by Crippen LogP contribution is 2.17. The lowest BCUT2D eigenvalue weighted by atomic mass is 10.2. The fourth-order valence-electron chi connectivity index (χ4n) is 1.61. The minimum Gasteiger partial charge on any atom is -0.507 e. The molecule has 0 saturated carbocycles. The topological polar surface area (TPSA) is 61.7 Å². The van der Waals surface area contributed by atoms with E-state index in [9.17, 15) is 9.90 Å². The van der Waals surface area contributed by atoms with Gasteiger partial charge in [0.15, 0.2) is 0 Å². The number of rotatable bonds is 3. The fourth-order valence-corrected chi connectivity index (χ4v) is 1.61. The predicted molar refractivity (Wildman–Crippen MR) is 75.2 cm³/mol. The van der Waals surface area contributed by atoms with E-state index >= 15 is 0 Å². The summed E-state index contributed by atoms with van der Waals surface area (Å²) < 4.78 is 0. The Morgan fingerprint density at radius 2 is 2.00 bits per heavy atom. The number of carbonyl (C=O) groups excluding carboxylic acids is 1. The van der Waals surface area contributed by atoms with Gasteiger partial charge in [-0.15, -0.1) is 0 Å². The molecule has 0 atom stereocenters. The number of nitrogens with one attached hydrogen (secondary N) is 1. The second kappa shape index (κ2) is 5.82. The molecule has 0 aromatic heterocycles. The highest BCUT2D eigenvalue weighted by molar-refractivity contribution is 5.95. The van der Waals surface area contributed by atoms with Crippen molar-refractivity contribution < 1.29 is 9.90 Å². The Hall–Kier alpha value is -2.62. The molecule has 0 radical (unpaired) electrons. The van der Waals surface area contributed by atoms with E-state index in [1.54, 1.807) is 55.7 Å². The first-order valence-corrected chi connectivity index (χ1v) is 5.85. The molecule has 0 unspecified atom stereocenters. The molecule has 0 bridgehead atoms. The molecule has 0 aliphatic heterocycles. The molecule has 0 aliphatic rings. The fraction of sp³-hybridized carbons (Fsp3) is 0.0667. The zero-order valence-corrected chi connectivity index (χ0v) is 10.5. The summed E-state index contributed by atoms with van der Waals surface area (Å²) in [6, 6.07) is 13.9. The van der Waals surface area contributed by atoms with E-state index in [2.05, 4.69) is 10.3 Å². The van der Waals surface area contributed by atoms with Gasteiger partial charge in [0.05, 0.1) is 5.69 Å². The van der Waals surface area contributed by atoms with Crippen molar-refractivity contribution in [3.63, 3.8) is 0 Å². The van der Waals surface area contributed by atoms with Crippen molar-refractivity contribution in [3.05, 3.63) is 59.7 Å². The lowest BCUT2D eigenvalue weighted by molar-refractivity contribution is 0.0963. The van der Waals surface area contributed by atoms with Gasteiger partial charge in [0.25, 0.3) is 5.91 Å². The van der Waals surface area contributed by atoms with Gasteiger partial charge in [-0.3, -0.25) is 9.79 Å². The minimum absolute atomic E-state index is 0.153. The number of aromatic hydroxyl groups is 1. The molecule has 1 amide bonds. The molecule has 2 N–H and O–H groups in total. The Balaban J connectivity index is 2.24. The first kappa shape index (κ1) is 12.8. The van der Waals surface area contributed by atoms with E-state index in [0.717, 1.165) is 0 Å². The Labute approximate surface area is 111 Å². The molecule has 2 aromatic carbocycles. The number of phenolic OH excluding ortho intramolecular Hbond substituents is 1. The van der Waals surface area contributed by atoms with Gasteiger partial charge < -0.3 is 10.4 Å². The average molecular weight is 254 g/mol. The predicted octanol–water partition coefficient (Wildman–Crippen LogP) is 2.50. The SMILES string of the molecule is CNC(=O)c1cccc(N=Cc2ccccc2O)c1. The lowest BCUT2D eigenvalue weighted by Gasteiger charge is -2.01. The first-order valence-electron chi connectivity index (χ1n) is 5.85. The number of hydrogen-bond donors (Lipinski definition) is 2. The van der Waals surface area contributed by atoms with Gasteiger partial charge in [0.2, 0.25) is 0 Å². The van der Waals surface area contributed by atoms with Crippen LogP contribution in [0.5, 0.6) is 5.75 Å². The van der Waals surface area contributed by atoms with Crippen LogP contribution in [0.1, 0.15) is 15.9 Å². The molecule has 2 rings (SSSR count). The van der Waals surface area contributed by atoms with E-state index in [-0.39, 0.29) is 11.7 Å². The van der Waals surface area contributed by atoms with Crippen LogP contribution in [0.2, 0.25) is 0 Å². The van der Waals surface area contributed by atoms with E-state index in [0.29, 0.717) is 16.8 Å². The number of para-hydroxylation sites is 1. The number of phenols is 1. The van der Waals surface area contributed by atoms with Crippen LogP contribution >= 0.6 is 0 Å². The van der Waals surface area contributed by atoms with Crippen LogP contribution in [0.3, 0.4) is 0 Å². The zero-order valence-electron chi connectivity index (χ0n) is 10.5. The van der Waals surface area contributed by atoms with Gasteiger partial charge in [-0.2, -0.15) is 0 Å². The lowest BCUT2D eigenvalue weighted by Crippen LogP contribution is -2.17. The molecule has 19 heavy (non-hydrogen) atoms. The number of hydrogen-bond acceptors (Lipinski definition) is 3. The summed E-state index contributed by atoms with van der Waals surface area (Å²) in [4.78, 5) is 15.7. The van der Waals surface area contributed by atoms with Crippen molar-refractivity contribution in [3.8, 4) is 5.75 Å². The Morgan fingerprint density at radius 1 is 1.21 bits per heavy atom. The summed E-state index contributed by atoms with van der Waals surface area (Å²) in [7, 11) is 1.58. The maximum absolute atomic E-state index is 11.5. The molecule has 96 valence electrons. The molecule has 0 fully saturated rings. The zero-order chi connectivity index (χ0) is 13.7. The number of nitrogens with zero attached hydrogens (tertiary/aromatic N) is 1. The number of benzene rings is 2. The van der Waals surface area contributed by atoms with Crippen LogP contribution < -0.4 is 5.32 Å². The summed E-state index contributed by atoms with van der Waals surface area (Å²) in [6.45, 7) is 0. The molecular formula is C15H14N2O2. The van der Waals surface area contributed by atoms with Crippen LogP contribution in [0.15, 0.2) is 53.5 Å². The molecule has 4 nitrogen and oxygen atoms in total. The third-order valence-electron chi connectivity index (χ3n) is 2.62. The van der Waals surface area contributed by atoms with E-state index in [4.69, 9.17) is 0 Å². The van der Waals surface area contributed by atoms with Crippen molar-refractivity contribution in [2.75, 3.05) is 7.05 Å². The number of carbonyl (C=O) groups is 1. The second-order valence-electron chi connectivity index (χ2n) is 3.95. The van der Waals surface area contributed by atoms with Gasteiger partial charge >= 0.3 is 0 Å². The molecule has 0 heterocycles. The standard InChI is InChI=1S/C15H14N2O2/c1-16-15(19)11-6-4-7-13(9-11)17-10-12-5-2-3-8-14(12)18/h2-10,18H,1H3,(H,16,19). The molecule has 4 heteroatoms. The summed E-state index contributed by atoms with van der Waals surface area (Å²) in [6.07, 6.45) is 1.57. The van der Waals surface area contributed by atoms with Crippen LogP contribution in [0, 0.1) is 0 Å². The molecular weight excluding hydrogens is 240 g/mol. The minimum atomic E-state index is -0.153. The smallest absolute Gasteiger partial charge is 0.251 e. The van der Waals surface area contributed by atoms with Crippen molar-refractivity contribution >= 4 is 17.8 Å². The number of aliphatic imine (C=N–C) groups is 1. The van der Waals surface area contributed by atoms with Crippen LogP contribution in [-0.4, -0.2) is 24.3 Å². The monoisotopic (exact) mass is 254 g/mol. The van der Waals surface area contributed by atoms with Crippen molar-refractivity contribution in [1.29, 1.82) is 0 Å². The third kappa shape index (κ3) is 3.19. The van der Waals surface area contributed by atoms with Gasteiger partial charge in [0.1, 0.15) is 5.75 Å². The molecule has 2 aromatic rings. The first-order chi connectivity index (χ1) is 9.20. The van der Waals surface area contributed by atoms with Gasteiger partial charge in [-0.05, 0) is 30.3 Å². The van der Waals surface area contributed by atoms with E-state index in [1.807, 2.05) is 6.07 Å². The Kier molecular flexibility index (Phi) is 3.93. The van der Waals surface area contributed by atoms with Crippen molar-refractivity contribution in [2.24, 2.45) is 4.99 Å². The normalized spacial score (nSPS) is 10.6. The maximum Gasteiger partial charge on any atom is 0.251 e. The van der Waals surface area contributed by atoms with Crippen molar-refractivity contribution in [1.82, 2.24) is 5.32 Å². The maximum atomic E-state index is 11.5. The van der Waals surface area contributed by atoms with Gasteiger partial charge in [0, 0.05) is 24.4 Å². The second-order valence-corrected chi connectivity index (χ2v) is 3.95. The van der Waals surface area contributed by atoms with Crippen LogP contribution in [0.4, 0.5) is 5.69 Å². The molecule has 0 aliphatic carbocycles. The van der Waals surface area contributed by atoms with E-state index < -0.39 is 0 Å². The average Bonchev–Trinajstić information content (AvgIpc) is 2.46. The Morgan fingerprint density at radius 3 is 2.74 bits per heavy atom. The summed E-state index contributed by atoms with van der Waals surface area (Å²) in [5, 5.41) is 12.2. The molecule has 0 saturated heterocycles. The highest BCUT2D eigenvalue weighted by atomic mass is 16.3. The van der Waals surface area contributed by atoms with Gasteiger partial charge in [-0.1, -0.05) is 18.2 Å². The molecule has 0 spiro atoms. The quantitative estimate of drug-likeness (QED) is 0.827. The number of amides is 1. The Bertz CT molecular complexity index is 621. The summed E-state index contributed by atoms with van der Waals surface area (Å²) in [5.41, 5.74) is 1.84. The van der Waals surface area contributed by atoms with Crippen LogP contribution in [-0.2, 0) is 0 Å². The van der Waals surface area contributed by atoms with E-state index in [1.165, 1.54) is 0 Å². The van der Waals surface area contributed by atoms with Gasteiger partial charge in [-0.25, -0.2) is 0 Å². The van der Waals surface area contributed by atoms with Crippen molar-refractivity contribution in [2.45, 2.75) is 0 Å². The highest BCUT2D eigenvalue weighted by Gasteiger charge is 2.02. The van der Waals surface area contributed by atoms with Crippen LogP contribution in [0.25, 0.3) is 0 Å².